The monoisotopic (exact) mass is 204 g/mol. The molecule has 1 atom stereocenters. The van der Waals surface area contributed by atoms with Gasteiger partial charge in [-0.3, -0.25) is 9.69 Å². The largest absolute Gasteiger partial charge is 0.293 e. The van der Waals surface area contributed by atoms with Gasteiger partial charge in [-0.1, -0.05) is 19.9 Å². The second kappa shape index (κ2) is 4.01. The molecule has 2 rings (SSSR count). The van der Waals surface area contributed by atoms with Crippen LogP contribution in [-0.4, -0.2) is 16.9 Å². The summed E-state index contributed by atoms with van der Waals surface area (Å²) in [6, 6.07) is 6.01. The van der Waals surface area contributed by atoms with E-state index in [0.29, 0.717) is 18.4 Å². The fourth-order valence-electron chi connectivity index (χ4n) is 2.13. The Bertz CT molecular complexity index is 348. The molecular formula is C12H16N2O. The number of amides is 1. The van der Waals surface area contributed by atoms with E-state index in [-0.39, 0.29) is 5.91 Å². The van der Waals surface area contributed by atoms with Crippen molar-refractivity contribution in [3.05, 3.63) is 24.4 Å². The molecular weight excluding hydrogens is 188 g/mol. The molecule has 3 nitrogen and oxygen atoms in total. The molecule has 15 heavy (non-hydrogen) atoms. The summed E-state index contributed by atoms with van der Waals surface area (Å²) in [5.41, 5.74) is 0. The van der Waals surface area contributed by atoms with Gasteiger partial charge in [0.1, 0.15) is 5.82 Å². The minimum absolute atomic E-state index is 0.201. The standard InChI is InChI=1S/C12H16N2O/c1-9(2)10-6-7-12(15)14(10)11-5-3-4-8-13-11/h3-5,8-10H,6-7H2,1-2H3. The first-order valence-electron chi connectivity index (χ1n) is 5.43. The Labute approximate surface area is 90.1 Å². The lowest BCUT2D eigenvalue weighted by Gasteiger charge is -2.26. The second-order valence-corrected chi connectivity index (χ2v) is 4.30. The van der Waals surface area contributed by atoms with Gasteiger partial charge in [0.2, 0.25) is 5.91 Å². The van der Waals surface area contributed by atoms with Gasteiger partial charge in [0, 0.05) is 18.7 Å². The zero-order valence-corrected chi connectivity index (χ0v) is 9.18. The fourth-order valence-corrected chi connectivity index (χ4v) is 2.13. The molecule has 80 valence electrons. The lowest BCUT2D eigenvalue weighted by atomic mass is 10.0. The van der Waals surface area contributed by atoms with Crippen LogP contribution in [0.3, 0.4) is 0 Å². The van der Waals surface area contributed by atoms with Crippen molar-refractivity contribution in [3.63, 3.8) is 0 Å². The van der Waals surface area contributed by atoms with Crippen LogP contribution in [0.25, 0.3) is 0 Å². The Morgan fingerprint density at radius 2 is 2.27 bits per heavy atom. The van der Waals surface area contributed by atoms with Gasteiger partial charge in [-0.15, -0.1) is 0 Å². The third-order valence-corrected chi connectivity index (χ3v) is 2.92. The minimum atomic E-state index is 0.201. The number of anilines is 1. The van der Waals surface area contributed by atoms with Crippen LogP contribution in [-0.2, 0) is 4.79 Å². The van der Waals surface area contributed by atoms with Crippen LogP contribution in [0.4, 0.5) is 5.82 Å². The van der Waals surface area contributed by atoms with Gasteiger partial charge in [0.15, 0.2) is 0 Å². The molecule has 1 aliphatic rings. The molecule has 1 unspecified atom stereocenters. The van der Waals surface area contributed by atoms with E-state index in [4.69, 9.17) is 0 Å². The number of pyridine rings is 1. The van der Waals surface area contributed by atoms with Crippen molar-refractivity contribution < 1.29 is 4.79 Å². The van der Waals surface area contributed by atoms with Crippen LogP contribution >= 0.6 is 0 Å². The number of aromatic nitrogens is 1. The van der Waals surface area contributed by atoms with Gasteiger partial charge >= 0.3 is 0 Å². The molecule has 0 aliphatic carbocycles. The van der Waals surface area contributed by atoms with Crippen molar-refractivity contribution in [2.75, 3.05) is 4.90 Å². The SMILES string of the molecule is CC(C)C1CCC(=O)N1c1ccccn1. The minimum Gasteiger partial charge on any atom is -0.293 e. The number of hydrogen-bond donors (Lipinski definition) is 0. The van der Waals surface area contributed by atoms with E-state index in [1.165, 1.54) is 0 Å². The average molecular weight is 204 g/mol. The zero-order valence-electron chi connectivity index (χ0n) is 9.18. The van der Waals surface area contributed by atoms with Gasteiger partial charge in [0.25, 0.3) is 0 Å². The molecule has 3 heteroatoms. The molecule has 0 N–H and O–H groups in total. The van der Waals surface area contributed by atoms with Crippen LogP contribution in [0.2, 0.25) is 0 Å². The van der Waals surface area contributed by atoms with E-state index < -0.39 is 0 Å². The Morgan fingerprint density at radius 1 is 1.47 bits per heavy atom. The Hall–Kier alpha value is -1.38. The van der Waals surface area contributed by atoms with E-state index in [2.05, 4.69) is 18.8 Å². The van der Waals surface area contributed by atoms with Crippen molar-refractivity contribution in [1.29, 1.82) is 0 Å². The summed E-state index contributed by atoms with van der Waals surface area (Å²) in [6.45, 7) is 4.30. The molecule has 0 radical (unpaired) electrons. The highest BCUT2D eigenvalue weighted by molar-refractivity contribution is 5.95. The molecule has 0 saturated carbocycles. The average Bonchev–Trinajstić information content (AvgIpc) is 2.61. The van der Waals surface area contributed by atoms with Crippen molar-refractivity contribution in [2.24, 2.45) is 5.92 Å². The predicted molar refractivity (Wildman–Crippen MR) is 59.6 cm³/mol. The van der Waals surface area contributed by atoms with E-state index >= 15 is 0 Å². The Balaban J connectivity index is 2.29. The van der Waals surface area contributed by atoms with Crippen LogP contribution in [0, 0.1) is 5.92 Å². The van der Waals surface area contributed by atoms with Crippen LogP contribution in [0.1, 0.15) is 26.7 Å². The van der Waals surface area contributed by atoms with E-state index in [0.717, 1.165) is 12.2 Å². The van der Waals surface area contributed by atoms with Crippen LogP contribution in [0.15, 0.2) is 24.4 Å². The molecule has 1 fully saturated rings. The molecule has 2 heterocycles. The summed E-state index contributed by atoms with van der Waals surface area (Å²) in [4.78, 5) is 17.9. The zero-order chi connectivity index (χ0) is 10.8. The van der Waals surface area contributed by atoms with E-state index in [9.17, 15) is 4.79 Å². The second-order valence-electron chi connectivity index (χ2n) is 4.30. The predicted octanol–water partition coefficient (Wildman–Crippen LogP) is 2.23. The lowest BCUT2D eigenvalue weighted by Crippen LogP contribution is -2.36. The maximum atomic E-state index is 11.8. The molecule has 0 aromatic carbocycles. The molecule has 0 spiro atoms. The summed E-state index contributed by atoms with van der Waals surface area (Å²) < 4.78 is 0. The molecule has 1 aromatic rings. The maximum absolute atomic E-state index is 11.8. The Kier molecular flexibility index (Phi) is 2.71. The van der Waals surface area contributed by atoms with Crippen molar-refractivity contribution >= 4 is 11.7 Å². The van der Waals surface area contributed by atoms with Gasteiger partial charge in [-0.2, -0.15) is 0 Å². The molecule has 1 aromatic heterocycles. The lowest BCUT2D eigenvalue weighted by molar-refractivity contribution is -0.117. The number of carbonyl (C=O) groups excluding carboxylic acids is 1. The maximum Gasteiger partial charge on any atom is 0.228 e. The first kappa shape index (κ1) is 10.1. The topological polar surface area (TPSA) is 33.2 Å². The summed E-state index contributed by atoms with van der Waals surface area (Å²) in [6.07, 6.45) is 3.34. The van der Waals surface area contributed by atoms with Gasteiger partial charge in [0.05, 0.1) is 0 Å². The van der Waals surface area contributed by atoms with Crippen molar-refractivity contribution in [1.82, 2.24) is 4.98 Å². The normalized spacial score (nSPS) is 21.4. The first-order chi connectivity index (χ1) is 7.20. The summed E-state index contributed by atoms with van der Waals surface area (Å²) in [5, 5.41) is 0. The molecule has 1 amide bonds. The highest BCUT2D eigenvalue weighted by atomic mass is 16.2. The van der Waals surface area contributed by atoms with E-state index in [1.54, 1.807) is 6.20 Å². The third kappa shape index (κ3) is 1.87. The summed E-state index contributed by atoms with van der Waals surface area (Å²) in [7, 11) is 0. The van der Waals surface area contributed by atoms with Crippen molar-refractivity contribution in [3.8, 4) is 0 Å². The molecule has 0 bridgehead atoms. The first-order valence-corrected chi connectivity index (χ1v) is 5.43. The van der Waals surface area contributed by atoms with Gasteiger partial charge in [-0.25, -0.2) is 4.98 Å². The van der Waals surface area contributed by atoms with Gasteiger partial charge < -0.3 is 0 Å². The van der Waals surface area contributed by atoms with E-state index in [1.807, 2.05) is 23.1 Å². The number of nitrogens with zero attached hydrogens (tertiary/aromatic N) is 2. The van der Waals surface area contributed by atoms with Crippen LogP contribution in [0.5, 0.6) is 0 Å². The third-order valence-electron chi connectivity index (χ3n) is 2.92. The highest BCUT2D eigenvalue weighted by Crippen LogP contribution is 2.28. The number of hydrogen-bond acceptors (Lipinski definition) is 2. The fraction of sp³-hybridized carbons (Fsp3) is 0.500. The number of carbonyl (C=O) groups is 1. The summed E-state index contributed by atoms with van der Waals surface area (Å²) >= 11 is 0. The molecule has 1 aliphatic heterocycles. The molecule has 1 saturated heterocycles. The Morgan fingerprint density at radius 3 is 2.87 bits per heavy atom. The quantitative estimate of drug-likeness (QED) is 0.740. The van der Waals surface area contributed by atoms with Gasteiger partial charge in [-0.05, 0) is 24.5 Å². The van der Waals surface area contributed by atoms with Crippen LogP contribution < -0.4 is 4.90 Å². The number of rotatable bonds is 2. The smallest absolute Gasteiger partial charge is 0.228 e. The van der Waals surface area contributed by atoms with Crippen molar-refractivity contribution in [2.45, 2.75) is 32.7 Å². The highest BCUT2D eigenvalue weighted by Gasteiger charge is 2.34. The summed E-state index contributed by atoms with van der Waals surface area (Å²) in [5.74, 6) is 1.48.